The van der Waals surface area contributed by atoms with Gasteiger partial charge in [-0.25, -0.2) is 0 Å². The summed E-state index contributed by atoms with van der Waals surface area (Å²) in [6.07, 6.45) is 0. The van der Waals surface area contributed by atoms with Crippen molar-refractivity contribution in [2.45, 2.75) is 19.3 Å². The van der Waals surface area contributed by atoms with Crippen molar-refractivity contribution in [3.8, 4) is 44.8 Å². The Hall–Kier alpha value is -6.64. The van der Waals surface area contributed by atoms with Gasteiger partial charge in [0.15, 0.2) is 0 Å². The molecule has 0 atom stereocenters. The number of fused-ring (bicyclic) bond motifs is 9. The summed E-state index contributed by atoms with van der Waals surface area (Å²) in [7, 11) is 0. The molecule has 0 aliphatic heterocycles. The van der Waals surface area contributed by atoms with E-state index in [1.54, 1.807) is 0 Å². The monoisotopic (exact) mass is 676 g/mol. The van der Waals surface area contributed by atoms with E-state index in [9.17, 15) is 0 Å². The molecular weight excluding hydrogens is 641 g/mol. The molecule has 2 heterocycles. The second-order valence-electron chi connectivity index (χ2n) is 15.0. The van der Waals surface area contributed by atoms with Crippen LogP contribution in [0.25, 0.3) is 88.4 Å². The van der Waals surface area contributed by atoms with Gasteiger partial charge in [0.05, 0.1) is 22.1 Å². The number of aromatic nitrogens is 2. The minimum Gasteiger partial charge on any atom is -0.309 e. The Labute approximate surface area is 308 Å². The van der Waals surface area contributed by atoms with Gasteiger partial charge in [-0.1, -0.05) is 135 Å². The number of benzene rings is 8. The van der Waals surface area contributed by atoms with Crippen LogP contribution in [0.1, 0.15) is 25.0 Å². The molecule has 2 aromatic heterocycles. The van der Waals surface area contributed by atoms with Crippen LogP contribution in [-0.4, -0.2) is 9.13 Å². The van der Waals surface area contributed by atoms with Crippen molar-refractivity contribution in [1.82, 2.24) is 9.13 Å². The Balaban J connectivity index is 1.19. The lowest BCUT2D eigenvalue weighted by Gasteiger charge is -2.21. The van der Waals surface area contributed by atoms with Crippen LogP contribution in [0.3, 0.4) is 0 Å². The predicted octanol–water partition coefficient (Wildman–Crippen LogP) is 13.5. The molecule has 2 heteroatoms. The number of rotatable bonds is 4. The molecular formula is C51H36N2. The van der Waals surface area contributed by atoms with Gasteiger partial charge in [0.25, 0.3) is 0 Å². The van der Waals surface area contributed by atoms with E-state index in [2.05, 4.69) is 205 Å². The first-order chi connectivity index (χ1) is 26.0. The predicted molar refractivity (Wildman–Crippen MR) is 224 cm³/mol. The Morgan fingerprint density at radius 3 is 1.47 bits per heavy atom. The van der Waals surface area contributed by atoms with E-state index >= 15 is 0 Å². The van der Waals surface area contributed by atoms with Gasteiger partial charge in [-0.15, -0.1) is 0 Å². The average molecular weight is 677 g/mol. The molecule has 0 N–H and O–H groups in total. The lowest BCUT2D eigenvalue weighted by molar-refractivity contribution is 0.660. The van der Waals surface area contributed by atoms with Gasteiger partial charge < -0.3 is 9.13 Å². The maximum absolute atomic E-state index is 2.45. The second kappa shape index (κ2) is 11.2. The molecule has 11 rings (SSSR count). The van der Waals surface area contributed by atoms with E-state index in [1.165, 1.54) is 88.1 Å². The molecule has 0 spiro atoms. The van der Waals surface area contributed by atoms with Crippen LogP contribution in [0, 0.1) is 0 Å². The largest absolute Gasteiger partial charge is 0.309 e. The Bertz CT molecular complexity index is 3030. The van der Waals surface area contributed by atoms with Gasteiger partial charge >= 0.3 is 0 Å². The maximum Gasteiger partial charge on any atom is 0.0547 e. The highest BCUT2D eigenvalue weighted by molar-refractivity contribution is 6.11. The molecule has 0 unspecified atom stereocenters. The first kappa shape index (κ1) is 30.0. The minimum absolute atomic E-state index is 0.0347. The zero-order valence-electron chi connectivity index (χ0n) is 29.7. The standard InChI is InChI=1S/C51H36N2/c1-51(2)45-20-10-6-16-39(45)44-31-33(25-27-46(44)51)35-28-36(30-38(29-35)53-48-22-12-7-17-40(48)41-18-8-13-23-49(41)53)34-24-26-43-42-19-9-11-21-47(42)52(50(43)32-34)37-14-4-3-5-15-37/h3-32H,1-2H3. The van der Waals surface area contributed by atoms with Crippen molar-refractivity contribution in [3.05, 3.63) is 193 Å². The summed E-state index contributed by atoms with van der Waals surface area (Å²) in [6, 6.07) is 67.3. The van der Waals surface area contributed by atoms with Crippen LogP contribution in [-0.2, 0) is 5.41 Å². The van der Waals surface area contributed by atoms with Crippen LogP contribution in [0.5, 0.6) is 0 Å². The summed E-state index contributed by atoms with van der Waals surface area (Å²) in [6.45, 7) is 4.70. The highest BCUT2D eigenvalue weighted by Crippen LogP contribution is 2.50. The van der Waals surface area contributed by atoms with E-state index in [0.717, 1.165) is 11.4 Å². The van der Waals surface area contributed by atoms with Crippen molar-refractivity contribution in [3.63, 3.8) is 0 Å². The molecule has 1 aliphatic rings. The fourth-order valence-corrected chi connectivity index (χ4v) is 9.18. The van der Waals surface area contributed by atoms with Gasteiger partial charge in [0.1, 0.15) is 0 Å². The smallest absolute Gasteiger partial charge is 0.0547 e. The molecule has 250 valence electrons. The molecule has 0 radical (unpaired) electrons. The molecule has 10 aromatic rings. The first-order valence-electron chi connectivity index (χ1n) is 18.5. The Morgan fingerprint density at radius 2 is 0.811 bits per heavy atom. The Morgan fingerprint density at radius 1 is 0.321 bits per heavy atom. The highest BCUT2D eigenvalue weighted by Gasteiger charge is 2.35. The van der Waals surface area contributed by atoms with Gasteiger partial charge in [-0.05, 0) is 105 Å². The summed E-state index contributed by atoms with van der Waals surface area (Å²) >= 11 is 0. The Kier molecular flexibility index (Phi) is 6.33. The molecule has 0 fully saturated rings. The van der Waals surface area contributed by atoms with Crippen LogP contribution < -0.4 is 0 Å². The maximum atomic E-state index is 2.45. The zero-order chi connectivity index (χ0) is 35.3. The summed E-state index contributed by atoms with van der Waals surface area (Å²) < 4.78 is 4.86. The van der Waals surface area contributed by atoms with E-state index < -0.39 is 0 Å². The molecule has 0 bridgehead atoms. The average Bonchev–Trinajstić information content (AvgIpc) is 3.81. The van der Waals surface area contributed by atoms with E-state index in [-0.39, 0.29) is 5.41 Å². The third-order valence-corrected chi connectivity index (χ3v) is 11.7. The third-order valence-electron chi connectivity index (χ3n) is 11.7. The molecule has 0 amide bonds. The lowest BCUT2D eigenvalue weighted by Crippen LogP contribution is -2.14. The number of hydrogen-bond donors (Lipinski definition) is 0. The van der Waals surface area contributed by atoms with Crippen LogP contribution in [0.4, 0.5) is 0 Å². The first-order valence-corrected chi connectivity index (χ1v) is 18.5. The second-order valence-corrected chi connectivity index (χ2v) is 15.0. The molecule has 0 saturated carbocycles. The van der Waals surface area contributed by atoms with Crippen LogP contribution in [0.2, 0.25) is 0 Å². The van der Waals surface area contributed by atoms with Gasteiger partial charge in [0, 0.05) is 38.3 Å². The normalized spacial score (nSPS) is 13.2. The number of nitrogens with zero attached hydrogens (tertiary/aromatic N) is 2. The quantitative estimate of drug-likeness (QED) is 0.176. The SMILES string of the molecule is CC1(C)c2ccccc2-c2cc(-c3cc(-c4ccc5c6ccccc6n(-c6ccccc6)c5c4)cc(-n4c5ccccc5c5ccccc54)c3)ccc21. The lowest BCUT2D eigenvalue weighted by atomic mass is 9.82. The molecule has 2 nitrogen and oxygen atoms in total. The fourth-order valence-electron chi connectivity index (χ4n) is 9.18. The van der Waals surface area contributed by atoms with Crippen molar-refractivity contribution in [2.24, 2.45) is 0 Å². The van der Waals surface area contributed by atoms with E-state index in [1.807, 2.05) is 0 Å². The fraction of sp³-hybridized carbons (Fsp3) is 0.0588. The van der Waals surface area contributed by atoms with E-state index in [4.69, 9.17) is 0 Å². The summed E-state index contributed by atoms with van der Waals surface area (Å²) in [5.74, 6) is 0. The third kappa shape index (κ3) is 4.39. The van der Waals surface area contributed by atoms with Crippen LogP contribution in [0.15, 0.2) is 182 Å². The molecule has 0 saturated heterocycles. The highest BCUT2D eigenvalue weighted by atomic mass is 15.0. The van der Waals surface area contributed by atoms with Crippen LogP contribution >= 0.6 is 0 Å². The zero-order valence-corrected chi connectivity index (χ0v) is 29.7. The molecule has 8 aromatic carbocycles. The number of para-hydroxylation sites is 4. The summed E-state index contributed by atoms with van der Waals surface area (Å²) in [5, 5.41) is 5.05. The van der Waals surface area contributed by atoms with Crippen molar-refractivity contribution >= 4 is 43.6 Å². The molecule has 1 aliphatic carbocycles. The van der Waals surface area contributed by atoms with Gasteiger partial charge in [0.2, 0.25) is 0 Å². The van der Waals surface area contributed by atoms with Crippen molar-refractivity contribution in [1.29, 1.82) is 0 Å². The topological polar surface area (TPSA) is 9.86 Å². The summed E-state index contributed by atoms with van der Waals surface area (Å²) in [5.41, 5.74) is 17.4. The number of hydrogen-bond acceptors (Lipinski definition) is 0. The van der Waals surface area contributed by atoms with Gasteiger partial charge in [-0.3, -0.25) is 0 Å². The minimum atomic E-state index is -0.0347. The summed E-state index contributed by atoms with van der Waals surface area (Å²) in [4.78, 5) is 0. The van der Waals surface area contributed by atoms with Crippen molar-refractivity contribution in [2.75, 3.05) is 0 Å². The molecule has 53 heavy (non-hydrogen) atoms. The van der Waals surface area contributed by atoms with Gasteiger partial charge in [-0.2, -0.15) is 0 Å². The van der Waals surface area contributed by atoms with Crippen molar-refractivity contribution < 1.29 is 0 Å². The van der Waals surface area contributed by atoms with E-state index in [0.29, 0.717) is 0 Å².